The summed E-state index contributed by atoms with van der Waals surface area (Å²) in [6, 6.07) is 10.3. The van der Waals surface area contributed by atoms with Crippen LogP contribution in [0.15, 0.2) is 30.3 Å². The molecular formula is C20H31NO4. The molecule has 0 aliphatic carbocycles. The van der Waals surface area contributed by atoms with Gasteiger partial charge in [-0.1, -0.05) is 49.6 Å². The Hall–Kier alpha value is -2.04. The molecule has 0 radical (unpaired) electrons. The van der Waals surface area contributed by atoms with Gasteiger partial charge in [-0.15, -0.1) is 0 Å². The summed E-state index contributed by atoms with van der Waals surface area (Å²) in [5, 5.41) is 12.0. The Morgan fingerprint density at radius 3 is 2.16 bits per heavy atom. The molecule has 2 N–H and O–H groups in total. The van der Waals surface area contributed by atoms with Gasteiger partial charge in [0.2, 0.25) is 0 Å². The van der Waals surface area contributed by atoms with Gasteiger partial charge in [0.05, 0.1) is 0 Å². The largest absolute Gasteiger partial charge is 0.480 e. The van der Waals surface area contributed by atoms with Crippen molar-refractivity contribution in [1.82, 2.24) is 5.32 Å². The Morgan fingerprint density at radius 2 is 1.60 bits per heavy atom. The van der Waals surface area contributed by atoms with Crippen molar-refractivity contribution in [1.29, 1.82) is 0 Å². The van der Waals surface area contributed by atoms with Crippen LogP contribution in [-0.2, 0) is 16.0 Å². The highest BCUT2D eigenvalue weighted by Gasteiger charge is 2.35. The van der Waals surface area contributed by atoms with E-state index in [1.54, 1.807) is 20.8 Å². The number of amides is 1. The van der Waals surface area contributed by atoms with Crippen molar-refractivity contribution in [2.24, 2.45) is 0 Å². The molecule has 5 nitrogen and oxygen atoms in total. The number of carbonyl (C=O) groups excluding carboxylic acids is 1. The van der Waals surface area contributed by atoms with Crippen LogP contribution in [-0.4, -0.2) is 28.3 Å². The van der Waals surface area contributed by atoms with E-state index >= 15 is 0 Å². The van der Waals surface area contributed by atoms with E-state index in [4.69, 9.17) is 4.74 Å². The van der Waals surface area contributed by atoms with Gasteiger partial charge in [0.15, 0.2) is 0 Å². The van der Waals surface area contributed by atoms with Gasteiger partial charge in [-0.25, -0.2) is 9.59 Å². The van der Waals surface area contributed by atoms with Crippen molar-refractivity contribution < 1.29 is 19.4 Å². The maximum absolute atomic E-state index is 11.9. The monoisotopic (exact) mass is 349 g/mol. The first kappa shape index (κ1) is 21.0. The summed E-state index contributed by atoms with van der Waals surface area (Å²) >= 11 is 0. The minimum absolute atomic E-state index is 0.382. The fraction of sp³-hybridized carbons (Fsp3) is 0.600. The Balaban J connectivity index is 2.34. The number of aryl methyl sites for hydroxylation is 1. The van der Waals surface area contributed by atoms with Crippen molar-refractivity contribution in [2.75, 3.05) is 0 Å². The molecule has 0 aliphatic rings. The summed E-state index contributed by atoms with van der Waals surface area (Å²) in [4.78, 5) is 23.4. The third kappa shape index (κ3) is 8.57. The first-order chi connectivity index (χ1) is 11.6. The van der Waals surface area contributed by atoms with E-state index in [2.05, 4.69) is 17.4 Å². The molecule has 140 valence electrons. The predicted molar refractivity (Wildman–Crippen MR) is 98.6 cm³/mol. The fourth-order valence-electron chi connectivity index (χ4n) is 2.56. The van der Waals surface area contributed by atoms with Gasteiger partial charge >= 0.3 is 12.1 Å². The van der Waals surface area contributed by atoms with E-state index in [0.29, 0.717) is 6.42 Å². The maximum Gasteiger partial charge on any atom is 0.408 e. The zero-order valence-electron chi connectivity index (χ0n) is 15.8. The van der Waals surface area contributed by atoms with Crippen molar-refractivity contribution in [3.05, 3.63) is 35.9 Å². The highest BCUT2D eigenvalue weighted by Crippen LogP contribution is 2.18. The Morgan fingerprint density at radius 1 is 1.00 bits per heavy atom. The van der Waals surface area contributed by atoms with Crippen LogP contribution in [0.5, 0.6) is 0 Å². The summed E-state index contributed by atoms with van der Waals surface area (Å²) in [7, 11) is 0. The SMILES string of the molecule is CC(C)(C)OC(=O)N[C@@](C)(CCCCCCc1ccccc1)C(=O)O. The number of carboxylic acids is 1. The number of unbranched alkanes of at least 4 members (excludes halogenated alkanes) is 3. The van der Waals surface area contributed by atoms with E-state index in [9.17, 15) is 14.7 Å². The number of carboxylic acid groups (broad SMARTS) is 1. The molecule has 0 heterocycles. The Labute approximate surface area is 150 Å². The molecule has 1 aromatic rings. The van der Waals surface area contributed by atoms with Gasteiger partial charge in [-0.05, 0) is 52.5 Å². The topological polar surface area (TPSA) is 75.6 Å². The van der Waals surface area contributed by atoms with Crippen LogP contribution >= 0.6 is 0 Å². The molecule has 0 bridgehead atoms. The molecule has 0 saturated carbocycles. The van der Waals surface area contributed by atoms with E-state index in [-0.39, 0.29) is 0 Å². The summed E-state index contributed by atoms with van der Waals surface area (Å²) in [5.74, 6) is -1.04. The van der Waals surface area contributed by atoms with Crippen molar-refractivity contribution in [2.45, 2.75) is 77.4 Å². The first-order valence-electron chi connectivity index (χ1n) is 8.91. The minimum Gasteiger partial charge on any atom is -0.480 e. The van der Waals surface area contributed by atoms with Gasteiger partial charge in [0, 0.05) is 0 Å². The highest BCUT2D eigenvalue weighted by molar-refractivity contribution is 5.83. The summed E-state index contributed by atoms with van der Waals surface area (Å²) in [5.41, 5.74) is -0.632. The number of ether oxygens (including phenoxy) is 1. The number of alkyl carbamates (subject to hydrolysis) is 1. The number of hydrogen-bond donors (Lipinski definition) is 2. The minimum atomic E-state index is -1.30. The second-order valence-corrected chi connectivity index (χ2v) is 7.66. The summed E-state index contributed by atoms with van der Waals surface area (Å²) in [6.45, 7) is 6.77. The number of benzene rings is 1. The lowest BCUT2D eigenvalue weighted by molar-refractivity contribution is -0.144. The van der Waals surface area contributed by atoms with E-state index in [1.807, 2.05) is 18.2 Å². The molecule has 1 rings (SSSR count). The summed E-state index contributed by atoms with van der Waals surface area (Å²) < 4.78 is 5.16. The fourth-order valence-corrected chi connectivity index (χ4v) is 2.56. The Bertz CT molecular complexity index is 551. The normalized spacial score (nSPS) is 13.8. The number of hydrogen-bond acceptors (Lipinski definition) is 3. The zero-order valence-corrected chi connectivity index (χ0v) is 15.8. The standard InChI is InChI=1S/C20H31NO4/c1-19(2,3)25-18(24)21-20(4,17(22)23)15-11-6-5-8-12-16-13-9-7-10-14-16/h7,9-10,13-14H,5-6,8,11-12,15H2,1-4H3,(H,21,24)(H,22,23)/t20-/m0/s1. The van der Waals surface area contributed by atoms with Crippen LogP contribution < -0.4 is 5.32 Å². The highest BCUT2D eigenvalue weighted by atomic mass is 16.6. The van der Waals surface area contributed by atoms with Gasteiger partial charge in [0.25, 0.3) is 0 Å². The molecule has 25 heavy (non-hydrogen) atoms. The Kier molecular flexibility index (Phi) is 7.94. The van der Waals surface area contributed by atoms with Crippen LogP contribution in [0.3, 0.4) is 0 Å². The van der Waals surface area contributed by atoms with Crippen molar-refractivity contribution in [3.8, 4) is 0 Å². The first-order valence-corrected chi connectivity index (χ1v) is 8.91. The lowest BCUT2D eigenvalue weighted by Gasteiger charge is -2.28. The average Bonchev–Trinajstić information content (AvgIpc) is 2.49. The lowest BCUT2D eigenvalue weighted by atomic mass is 9.94. The average molecular weight is 349 g/mol. The van der Waals surface area contributed by atoms with Gasteiger partial charge in [0.1, 0.15) is 11.1 Å². The molecule has 1 aromatic carbocycles. The third-order valence-corrected chi connectivity index (χ3v) is 3.98. The van der Waals surface area contributed by atoms with Crippen LogP contribution in [0.25, 0.3) is 0 Å². The van der Waals surface area contributed by atoms with Crippen LogP contribution in [0, 0.1) is 0 Å². The molecule has 0 aliphatic heterocycles. The van der Waals surface area contributed by atoms with Crippen LogP contribution in [0.2, 0.25) is 0 Å². The molecule has 1 atom stereocenters. The molecule has 1 amide bonds. The molecular weight excluding hydrogens is 318 g/mol. The maximum atomic E-state index is 11.9. The molecule has 0 saturated heterocycles. The van der Waals surface area contributed by atoms with Gasteiger partial charge < -0.3 is 15.2 Å². The van der Waals surface area contributed by atoms with Crippen molar-refractivity contribution >= 4 is 12.1 Å². The second kappa shape index (κ2) is 9.44. The van der Waals surface area contributed by atoms with E-state index in [0.717, 1.165) is 32.1 Å². The molecule has 0 fully saturated rings. The number of aliphatic carboxylic acids is 1. The molecule has 0 aromatic heterocycles. The lowest BCUT2D eigenvalue weighted by Crippen LogP contribution is -2.53. The predicted octanol–water partition coefficient (Wildman–Crippen LogP) is 4.55. The summed E-state index contributed by atoms with van der Waals surface area (Å²) in [6.07, 6.45) is 4.52. The van der Waals surface area contributed by atoms with Crippen LogP contribution in [0.4, 0.5) is 4.79 Å². The zero-order chi connectivity index (χ0) is 18.9. The third-order valence-electron chi connectivity index (χ3n) is 3.98. The second-order valence-electron chi connectivity index (χ2n) is 7.66. The van der Waals surface area contributed by atoms with Gasteiger partial charge in [-0.2, -0.15) is 0 Å². The molecule has 5 heteroatoms. The number of nitrogens with one attached hydrogen (secondary N) is 1. The van der Waals surface area contributed by atoms with Gasteiger partial charge in [-0.3, -0.25) is 0 Å². The smallest absolute Gasteiger partial charge is 0.408 e. The van der Waals surface area contributed by atoms with E-state index < -0.39 is 23.2 Å². The molecule has 0 unspecified atom stereocenters. The molecule has 0 spiro atoms. The number of rotatable bonds is 9. The quantitative estimate of drug-likeness (QED) is 0.641. The van der Waals surface area contributed by atoms with Crippen molar-refractivity contribution in [3.63, 3.8) is 0 Å². The van der Waals surface area contributed by atoms with Crippen LogP contribution in [0.1, 0.15) is 65.4 Å². The van der Waals surface area contributed by atoms with E-state index in [1.165, 1.54) is 12.5 Å². The number of carbonyl (C=O) groups is 2.